The van der Waals surface area contributed by atoms with E-state index in [1.165, 1.54) is 12.8 Å². The van der Waals surface area contributed by atoms with Crippen molar-refractivity contribution in [3.05, 3.63) is 11.8 Å². The van der Waals surface area contributed by atoms with Crippen molar-refractivity contribution in [2.75, 3.05) is 5.32 Å². The average molecular weight is 251 g/mol. The van der Waals surface area contributed by atoms with Gasteiger partial charge in [0.15, 0.2) is 5.82 Å². The van der Waals surface area contributed by atoms with Gasteiger partial charge in [-0.15, -0.1) is 0 Å². The van der Waals surface area contributed by atoms with Gasteiger partial charge in [0.1, 0.15) is 5.76 Å². The third kappa shape index (κ3) is 3.03. The Bertz CT molecular complexity index is 416. The SMILES string of the molecule is Cc1cc(NC(=O)N[C@H]2CCC[C@@H](C)[C@@H]2C)no1. The van der Waals surface area contributed by atoms with E-state index in [4.69, 9.17) is 4.52 Å². The molecule has 1 aromatic heterocycles. The lowest BCUT2D eigenvalue weighted by Crippen LogP contribution is -2.45. The third-order valence-corrected chi connectivity index (χ3v) is 3.89. The fraction of sp³-hybridized carbons (Fsp3) is 0.692. The maximum Gasteiger partial charge on any atom is 0.320 e. The van der Waals surface area contributed by atoms with Crippen LogP contribution in [-0.4, -0.2) is 17.2 Å². The van der Waals surface area contributed by atoms with Crippen LogP contribution in [0.25, 0.3) is 0 Å². The van der Waals surface area contributed by atoms with Crippen molar-refractivity contribution >= 4 is 11.8 Å². The highest BCUT2D eigenvalue weighted by molar-refractivity contribution is 5.88. The Morgan fingerprint density at radius 3 is 2.89 bits per heavy atom. The predicted molar refractivity (Wildman–Crippen MR) is 69.4 cm³/mol. The maximum atomic E-state index is 11.8. The third-order valence-electron chi connectivity index (χ3n) is 3.89. The quantitative estimate of drug-likeness (QED) is 0.849. The molecule has 1 aromatic rings. The Kier molecular flexibility index (Phi) is 3.89. The number of rotatable bonds is 2. The minimum absolute atomic E-state index is 0.200. The van der Waals surface area contributed by atoms with E-state index >= 15 is 0 Å². The molecule has 18 heavy (non-hydrogen) atoms. The lowest BCUT2D eigenvalue weighted by Gasteiger charge is -2.34. The van der Waals surface area contributed by atoms with Crippen LogP contribution in [0.4, 0.5) is 10.6 Å². The van der Waals surface area contributed by atoms with Crippen molar-refractivity contribution in [1.82, 2.24) is 10.5 Å². The van der Waals surface area contributed by atoms with Gasteiger partial charge in [-0.05, 0) is 25.2 Å². The first-order valence-electron chi connectivity index (χ1n) is 6.57. The van der Waals surface area contributed by atoms with Gasteiger partial charge in [-0.2, -0.15) is 0 Å². The molecule has 1 heterocycles. The highest BCUT2D eigenvalue weighted by Crippen LogP contribution is 2.29. The largest absolute Gasteiger partial charge is 0.360 e. The molecule has 0 spiro atoms. The summed E-state index contributed by atoms with van der Waals surface area (Å²) in [5.74, 6) is 2.33. The molecule has 2 amide bonds. The molecule has 0 bridgehead atoms. The molecular weight excluding hydrogens is 230 g/mol. The van der Waals surface area contributed by atoms with Crippen LogP contribution in [0.1, 0.15) is 38.9 Å². The van der Waals surface area contributed by atoms with E-state index in [9.17, 15) is 4.79 Å². The van der Waals surface area contributed by atoms with Gasteiger partial charge in [-0.3, -0.25) is 5.32 Å². The molecule has 5 nitrogen and oxygen atoms in total. The second kappa shape index (κ2) is 5.42. The number of aryl methyl sites for hydroxylation is 1. The van der Waals surface area contributed by atoms with E-state index in [2.05, 4.69) is 29.6 Å². The molecule has 2 rings (SSSR count). The minimum atomic E-state index is -0.200. The van der Waals surface area contributed by atoms with Gasteiger partial charge in [-0.1, -0.05) is 31.8 Å². The van der Waals surface area contributed by atoms with E-state index in [0.717, 1.165) is 6.42 Å². The first-order chi connectivity index (χ1) is 8.56. The number of urea groups is 1. The first kappa shape index (κ1) is 12.9. The molecule has 1 aliphatic rings. The van der Waals surface area contributed by atoms with Gasteiger partial charge >= 0.3 is 6.03 Å². The van der Waals surface area contributed by atoms with E-state index < -0.39 is 0 Å². The second-order valence-corrected chi connectivity index (χ2v) is 5.30. The molecular formula is C13H21N3O2. The molecule has 5 heteroatoms. The summed E-state index contributed by atoms with van der Waals surface area (Å²) < 4.78 is 4.90. The summed E-state index contributed by atoms with van der Waals surface area (Å²) in [6, 6.07) is 1.75. The van der Waals surface area contributed by atoms with Crippen LogP contribution in [-0.2, 0) is 0 Å². The lowest BCUT2D eigenvalue weighted by atomic mass is 9.78. The smallest absolute Gasteiger partial charge is 0.320 e. The molecule has 2 N–H and O–H groups in total. The summed E-state index contributed by atoms with van der Waals surface area (Å²) in [6.45, 7) is 6.24. The summed E-state index contributed by atoms with van der Waals surface area (Å²) in [5.41, 5.74) is 0. The number of anilines is 1. The van der Waals surface area contributed by atoms with Crippen LogP contribution < -0.4 is 10.6 Å². The van der Waals surface area contributed by atoms with Crippen molar-refractivity contribution in [2.45, 2.75) is 46.1 Å². The van der Waals surface area contributed by atoms with Gasteiger partial charge in [0.2, 0.25) is 0 Å². The predicted octanol–water partition coefficient (Wildman–Crippen LogP) is 2.93. The summed E-state index contributed by atoms with van der Waals surface area (Å²) in [4.78, 5) is 11.8. The van der Waals surface area contributed by atoms with Crippen LogP contribution in [0.3, 0.4) is 0 Å². The molecule has 0 unspecified atom stereocenters. The summed E-state index contributed by atoms with van der Waals surface area (Å²) in [6.07, 6.45) is 3.49. The van der Waals surface area contributed by atoms with Crippen molar-refractivity contribution in [2.24, 2.45) is 11.8 Å². The van der Waals surface area contributed by atoms with Gasteiger partial charge in [0, 0.05) is 12.1 Å². The number of aromatic nitrogens is 1. The Balaban J connectivity index is 1.87. The van der Waals surface area contributed by atoms with Crippen molar-refractivity contribution in [3.8, 4) is 0 Å². The highest BCUT2D eigenvalue weighted by Gasteiger charge is 2.28. The molecule has 0 saturated heterocycles. The zero-order valence-electron chi connectivity index (χ0n) is 11.2. The average Bonchev–Trinajstić information content (AvgIpc) is 2.70. The maximum absolute atomic E-state index is 11.8. The van der Waals surface area contributed by atoms with E-state index in [-0.39, 0.29) is 12.1 Å². The summed E-state index contributed by atoms with van der Waals surface area (Å²) >= 11 is 0. The Hall–Kier alpha value is -1.52. The molecule has 1 fully saturated rings. The minimum Gasteiger partial charge on any atom is -0.360 e. The Labute approximate surface area is 107 Å². The summed E-state index contributed by atoms with van der Waals surface area (Å²) in [7, 11) is 0. The van der Waals surface area contributed by atoms with Crippen LogP contribution >= 0.6 is 0 Å². The Morgan fingerprint density at radius 1 is 1.44 bits per heavy atom. The number of hydrogen-bond donors (Lipinski definition) is 2. The number of nitrogens with zero attached hydrogens (tertiary/aromatic N) is 1. The topological polar surface area (TPSA) is 67.2 Å². The molecule has 0 aliphatic heterocycles. The fourth-order valence-electron chi connectivity index (χ4n) is 2.53. The molecule has 100 valence electrons. The van der Waals surface area contributed by atoms with E-state index in [0.29, 0.717) is 23.4 Å². The zero-order chi connectivity index (χ0) is 13.1. The van der Waals surface area contributed by atoms with E-state index in [1.54, 1.807) is 13.0 Å². The lowest BCUT2D eigenvalue weighted by molar-refractivity contribution is 0.201. The highest BCUT2D eigenvalue weighted by atomic mass is 16.5. The zero-order valence-corrected chi connectivity index (χ0v) is 11.2. The van der Waals surface area contributed by atoms with Crippen molar-refractivity contribution < 1.29 is 9.32 Å². The van der Waals surface area contributed by atoms with Gasteiger partial charge in [-0.25, -0.2) is 4.79 Å². The monoisotopic (exact) mass is 251 g/mol. The molecule has 0 aromatic carbocycles. The Morgan fingerprint density at radius 2 is 2.22 bits per heavy atom. The van der Waals surface area contributed by atoms with Crippen LogP contribution in [0.5, 0.6) is 0 Å². The number of hydrogen-bond acceptors (Lipinski definition) is 3. The van der Waals surface area contributed by atoms with Crippen LogP contribution in [0, 0.1) is 18.8 Å². The van der Waals surface area contributed by atoms with Gasteiger partial charge in [0.05, 0.1) is 0 Å². The van der Waals surface area contributed by atoms with Crippen molar-refractivity contribution in [1.29, 1.82) is 0 Å². The van der Waals surface area contributed by atoms with E-state index in [1.807, 2.05) is 0 Å². The molecule has 1 aliphatic carbocycles. The van der Waals surface area contributed by atoms with Crippen molar-refractivity contribution in [3.63, 3.8) is 0 Å². The number of nitrogens with one attached hydrogen (secondary N) is 2. The molecule has 3 atom stereocenters. The number of carbonyl (C=O) groups is 1. The van der Waals surface area contributed by atoms with Gasteiger partial charge < -0.3 is 9.84 Å². The molecule has 1 saturated carbocycles. The fourth-order valence-corrected chi connectivity index (χ4v) is 2.53. The molecule has 0 radical (unpaired) electrons. The second-order valence-electron chi connectivity index (χ2n) is 5.30. The normalized spacial score (nSPS) is 27.8. The van der Waals surface area contributed by atoms with Crippen LogP contribution in [0.2, 0.25) is 0 Å². The standard InChI is InChI=1S/C13H21N3O2/c1-8-5-4-6-11(10(8)3)14-13(17)15-12-7-9(2)18-16-12/h7-8,10-11H,4-6H2,1-3H3,(H2,14,15,16,17)/t8-,10+,11+/m1/s1. The van der Waals surface area contributed by atoms with Gasteiger partial charge in [0.25, 0.3) is 0 Å². The summed E-state index contributed by atoms with van der Waals surface area (Å²) in [5, 5.41) is 9.45. The number of amides is 2. The number of carbonyl (C=O) groups excluding carboxylic acids is 1. The van der Waals surface area contributed by atoms with Crippen LogP contribution in [0.15, 0.2) is 10.6 Å². The first-order valence-corrected chi connectivity index (χ1v) is 6.57.